The quantitative estimate of drug-likeness (QED) is 0.735. The predicted molar refractivity (Wildman–Crippen MR) is 79.8 cm³/mol. The van der Waals surface area contributed by atoms with Crippen LogP contribution in [0.5, 0.6) is 5.75 Å². The number of benzene rings is 1. The lowest BCUT2D eigenvalue weighted by Crippen LogP contribution is -2.06. The van der Waals surface area contributed by atoms with Crippen molar-refractivity contribution in [2.45, 2.75) is 13.8 Å². The lowest BCUT2D eigenvalue weighted by Gasteiger charge is -2.14. The lowest BCUT2D eigenvalue weighted by atomic mass is 9.98. The van der Waals surface area contributed by atoms with E-state index in [0.29, 0.717) is 11.1 Å². The van der Waals surface area contributed by atoms with E-state index >= 15 is 0 Å². The molecule has 0 bridgehead atoms. The third-order valence-corrected chi connectivity index (χ3v) is 3.81. The van der Waals surface area contributed by atoms with Crippen molar-refractivity contribution < 1.29 is 5.11 Å². The van der Waals surface area contributed by atoms with Crippen molar-refractivity contribution in [3.63, 3.8) is 0 Å². The first-order chi connectivity index (χ1) is 9.36. The Bertz CT molecular complexity index is 725. The summed E-state index contributed by atoms with van der Waals surface area (Å²) in [6.45, 7) is 3.55. The maximum absolute atomic E-state index is 10.3. The molecule has 0 saturated carbocycles. The summed E-state index contributed by atoms with van der Waals surface area (Å²) < 4.78 is 0.794. The number of nitriles is 1. The number of nitrogens with zero attached hydrogens (tertiary/aromatic N) is 3. The lowest BCUT2D eigenvalue weighted by molar-refractivity contribution is 0.472. The Morgan fingerprint density at radius 2 is 1.95 bits per heavy atom. The van der Waals surface area contributed by atoms with Crippen LogP contribution in [0.15, 0.2) is 10.5 Å². The second kappa shape index (κ2) is 4.98. The largest absolute Gasteiger partial charge is 0.507 e. The number of rotatable bonds is 1. The summed E-state index contributed by atoms with van der Waals surface area (Å²) in [5, 5.41) is 19.5. The SMILES string of the molecule is Cc1cc(Br)c(C)c(-c2nc(N)nc(N)c2C#N)c1O. The van der Waals surface area contributed by atoms with E-state index in [1.165, 1.54) is 0 Å². The zero-order valence-electron chi connectivity index (χ0n) is 10.9. The molecule has 0 amide bonds. The molecule has 0 radical (unpaired) electrons. The molecule has 0 spiro atoms. The van der Waals surface area contributed by atoms with Crippen molar-refractivity contribution in [2.75, 3.05) is 11.5 Å². The monoisotopic (exact) mass is 333 g/mol. The molecule has 0 aliphatic carbocycles. The second-order valence-corrected chi connectivity index (χ2v) is 5.18. The minimum absolute atomic E-state index is 0.00794. The molecular formula is C13H12BrN5O. The van der Waals surface area contributed by atoms with Gasteiger partial charge in [-0.1, -0.05) is 15.9 Å². The first-order valence-corrected chi connectivity index (χ1v) is 6.48. The van der Waals surface area contributed by atoms with Gasteiger partial charge in [-0.25, -0.2) is 4.98 Å². The number of nitrogen functional groups attached to an aromatic ring is 2. The Balaban J connectivity index is 2.93. The summed E-state index contributed by atoms with van der Waals surface area (Å²) in [5.74, 6) is -0.0148. The Hall–Kier alpha value is -2.33. The van der Waals surface area contributed by atoms with Gasteiger partial charge in [0.05, 0.1) is 5.69 Å². The molecule has 0 aliphatic heterocycles. The summed E-state index contributed by atoms with van der Waals surface area (Å²) in [6.07, 6.45) is 0. The molecule has 102 valence electrons. The van der Waals surface area contributed by atoms with Crippen LogP contribution in [0.1, 0.15) is 16.7 Å². The molecule has 5 N–H and O–H groups in total. The molecule has 0 unspecified atom stereocenters. The van der Waals surface area contributed by atoms with Crippen molar-refractivity contribution >= 4 is 27.7 Å². The van der Waals surface area contributed by atoms with Crippen LogP contribution in [-0.4, -0.2) is 15.1 Å². The third-order valence-electron chi connectivity index (χ3n) is 2.99. The number of hydrogen-bond acceptors (Lipinski definition) is 6. The van der Waals surface area contributed by atoms with Crippen molar-refractivity contribution in [1.82, 2.24) is 9.97 Å². The molecule has 6 nitrogen and oxygen atoms in total. The average Bonchev–Trinajstić information content (AvgIpc) is 2.36. The highest BCUT2D eigenvalue weighted by Gasteiger charge is 2.20. The fraction of sp³-hybridized carbons (Fsp3) is 0.154. The Labute approximate surface area is 124 Å². The standard InChI is InChI=1S/C13H12BrN5O/c1-5-3-8(14)6(2)9(11(5)20)10-7(4-15)12(16)19-13(17)18-10/h3,20H,1-2H3,(H4,16,17,18,19). The highest BCUT2D eigenvalue weighted by atomic mass is 79.9. The number of phenolic OH excluding ortho intramolecular Hbond substituents is 1. The molecule has 0 aliphatic rings. The highest BCUT2D eigenvalue weighted by molar-refractivity contribution is 9.10. The maximum atomic E-state index is 10.3. The van der Waals surface area contributed by atoms with Gasteiger partial charge in [0, 0.05) is 10.0 Å². The van der Waals surface area contributed by atoms with Gasteiger partial charge in [0.1, 0.15) is 23.2 Å². The van der Waals surface area contributed by atoms with Gasteiger partial charge < -0.3 is 16.6 Å². The number of aromatic hydroxyl groups is 1. The van der Waals surface area contributed by atoms with Crippen LogP contribution in [0.3, 0.4) is 0 Å². The van der Waals surface area contributed by atoms with Gasteiger partial charge in [-0.15, -0.1) is 0 Å². The molecule has 0 atom stereocenters. The molecule has 7 heteroatoms. The van der Waals surface area contributed by atoms with Crippen molar-refractivity contribution in [1.29, 1.82) is 5.26 Å². The zero-order valence-corrected chi connectivity index (χ0v) is 12.5. The number of anilines is 2. The van der Waals surface area contributed by atoms with Gasteiger partial charge in [0.15, 0.2) is 0 Å². The number of phenols is 1. The minimum atomic E-state index is -0.0482. The number of aryl methyl sites for hydroxylation is 1. The fourth-order valence-corrected chi connectivity index (χ4v) is 2.48. The van der Waals surface area contributed by atoms with E-state index in [1.54, 1.807) is 19.9 Å². The van der Waals surface area contributed by atoms with Crippen LogP contribution in [0, 0.1) is 25.2 Å². The van der Waals surface area contributed by atoms with E-state index in [2.05, 4.69) is 25.9 Å². The third kappa shape index (κ3) is 2.14. The van der Waals surface area contributed by atoms with Crippen LogP contribution in [0.25, 0.3) is 11.3 Å². The Morgan fingerprint density at radius 3 is 2.55 bits per heavy atom. The maximum Gasteiger partial charge on any atom is 0.222 e. The van der Waals surface area contributed by atoms with Gasteiger partial charge in [-0.3, -0.25) is 0 Å². The van der Waals surface area contributed by atoms with E-state index < -0.39 is 0 Å². The van der Waals surface area contributed by atoms with Gasteiger partial charge in [0.2, 0.25) is 5.95 Å². The van der Waals surface area contributed by atoms with E-state index in [9.17, 15) is 10.4 Å². The first kappa shape index (κ1) is 14.1. The summed E-state index contributed by atoms with van der Waals surface area (Å²) in [7, 11) is 0. The highest BCUT2D eigenvalue weighted by Crippen LogP contribution is 2.40. The van der Waals surface area contributed by atoms with Crippen LogP contribution in [0.2, 0.25) is 0 Å². The molecule has 2 rings (SSSR count). The summed E-state index contributed by atoms with van der Waals surface area (Å²) >= 11 is 3.41. The molecule has 20 heavy (non-hydrogen) atoms. The zero-order chi connectivity index (χ0) is 15.0. The van der Waals surface area contributed by atoms with Gasteiger partial charge in [-0.05, 0) is 31.0 Å². The fourth-order valence-electron chi connectivity index (χ4n) is 1.94. The van der Waals surface area contributed by atoms with Crippen molar-refractivity contribution in [3.05, 3.63) is 27.2 Å². The Kier molecular flexibility index (Phi) is 3.51. The van der Waals surface area contributed by atoms with E-state index in [-0.39, 0.29) is 28.8 Å². The minimum Gasteiger partial charge on any atom is -0.507 e. The van der Waals surface area contributed by atoms with Crippen LogP contribution in [0.4, 0.5) is 11.8 Å². The summed E-state index contributed by atoms with van der Waals surface area (Å²) in [6, 6.07) is 3.74. The normalized spacial score (nSPS) is 10.3. The molecular weight excluding hydrogens is 322 g/mol. The topological polar surface area (TPSA) is 122 Å². The van der Waals surface area contributed by atoms with Gasteiger partial charge in [-0.2, -0.15) is 10.2 Å². The molecule has 1 aromatic carbocycles. The number of aromatic nitrogens is 2. The van der Waals surface area contributed by atoms with Gasteiger partial charge >= 0.3 is 0 Å². The van der Waals surface area contributed by atoms with Crippen LogP contribution >= 0.6 is 15.9 Å². The number of nitrogens with two attached hydrogens (primary N) is 2. The molecule has 0 saturated heterocycles. The summed E-state index contributed by atoms with van der Waals surface area (Å²) in [5.41, 5.74) is 13.4. The van der Waals surface area contributed by atoms with Crippen molar-refractivity contribution in [2.24, 2.45) is 0 Å². The smallest absolute Gasteiger partial charge is 0.222 e. The average molecular weight is 334 g/mol. The summed E-state index contributed by atoms with van der Waals surface area (Å²) in [4.78, 5) is 7.83. The van der Waals surface area contributed by atoms with Crippen LogP contribution < -0.4 is 11.5 Å². The second-order valence-electron chi connectivity index (χ2n) is 4.33. The first-order valence-electron chi connectivity index (χ1n) is 5.69. The predicted octanol–water partition coefficient (Wildman–Crippen LogP) is 2.26. The van der Waals surface area contributed by atoms with Crippen molar-refractivity contribution in [3.8, 4) is 23.1 Å². The van der Waals surface area contributed by atoms with Gasteiger partial charge in [0.25, 0.3) is 0 Å². The number of hydrogen-bond donors (Lipinski definition) is 3. The van der Waals surface area contributed by atoms with Crippen LogP contribution in [-0.2, 0) is 0 Å². The number of halogens is 1. The molecule has 0 fully saturated rings. The molecule has 2 aromatic rings. The van der Waals surface area contributed by atoms with E-state index in [1.807, 2.05) is 6.07 Å². The Morgan fingerprint density at radius 1 is 1.30 bits per heavy atom. The van der Waals surface area contributed by atoms with E-state index in [0.717, 1.165) is 10.0 Å². The molecule has 1 heterocycles. The van der Waals surface area contributed by atoms with E-state index in [4.69, 9.17) is 11.5 Å². The molecule has 1 aromatic heterocycles.